The van der Waals surface area contributed by atoms with Gasteiger partial charge in [0, 0.05) is 6.08 Å². The summed E-state index contributed by atoms with van der Waals surface area (Å²) in [7, 11) is 0.157. The summed E-state index contributed by atoms with van der Waals surface area (Å²) in [5.74, 6) is 0.885. The maximum absolute atomic E-state index is 5.72. The van der Waals surface area contributed by atoms with Crippen molar-refractivity contribution in [1.82, 2.24) is 0 Å². The van der Waals surface area contributed by atoms with Crippen molar-refractivity contribution in [3.05, 3.63) is 24.2 Å². The van der Waals surface area contributed by atoms with Crippen molar-refractivity contribution in [3.63, 3.8) is 0 Å². The molecule has 0 spiro atoms. The van der Waals surface area contributed by atoms with Crippen LogP contribution in [0.15, 0.2) is 24.2 Å². The highest BCUT2D eigenvalue weighted by Crippen LogP contribution is 2.10. The van der Waals surface area contributed by atoms with Gasteiger partial charge in [0.15, 0.2) is 0 Å². The Hall–Kier alpha value is -0.703. The van der Waals surface area contributed by atoms with Crippen LogP contribution in [-0.2, 0) is 9.16 Å². The third-order valence-electron chi connectivity index (χ3n) is 1.08. The fourth-order valence-electron chi connectivity index (χ4n) is 0.678. The summed E-state index contributed by atoms with van der Waals surface area (Å²) in [6.07, 6.45) is 5.39. The van der Waals surface area contributed by atoms with E-state index in [1.54, 1.807) is 13.4 Å². The minimum Gasteiger partial charge on any atom is -0.544 e. The van der Waals surface area contributed by atoms with E-state index < -0.39 is 8.32 Å². The zero-order valence-corrected chi connectivity index (χ0v) is 9.55. The highest BCUT2D eigenvalue weighted by molar-refractivity contribution is 6.70. The van der Waals surface area contributed by atoms with Gasteiger partial charge in [-0.05, 0) is 32.6 Å². The first-order chi connectivity index (χ1) is 5.49. The van der Waals surface area contributed by atoms with Crippen molar-refractivity contribution >= 4 is 8.32 Å². The van der Waals surface area contributed by atoms with Gasteiger partial charge in [0.1, 0.15) is 5.76 Å². The molecule has 0 saturated heterocycles. The summed E-state index contributed by atoms with van der Waals surface area (Å²) in [6, 6.07) is 0. The Balaban J connectivity index is 4.12. The van der Waals surface area contributed by atoms with Crippen LogP contribution in [-0.4, -0.2) is 15.4 Å². The van der Waals surface area contributed by atoms with Crippen LogP contribution in [0.25, 0.3) is 0 Å². The fraction of sp³-hybridized carbons (Fsp3) is 0.556. The summed E-state index contributed by atoms with van der Waals surface area (Å²) in [5, 5.41) is 0. The zero-order valence-electron chi connectivity index (χ0n) is 8.55. The third-order valence-corrected chi connectivity index (χ3v) is 1.93. The summed E-state index contributed by atoms with van der Waals surface area (Å²) in [5.41, 5.74) is 0. The summed E-state index contributed by atoms with van der Waals surface area (Å²) < 4.78 is 10.5. The molecule has 0 rings (SSSR count). The van der Waals surface area contributed by atoms with Crippen LogP contribution in [0.1, 0.15) is 6.92 Å². The molecule has 0 unspecified atom stereocenters. The van der Waals surface area contributed by atoms with Crippen LogP contribution < -0.4 is 0 Å². The predicted molar refractivity (Wildman–Crippen MR) is 54.3 cm³/mol. The standard InChI is InChI=1S/C9H18O2Si/c1-6-9(7-8-10-2)11-12(3,4)5/h6-8H,1-5H3. The molecule has 0 bridgehead atoms. The normalized spacial score (nSPS) is 13.6. The van der Waals surface area contributed by atoms with Crippen molar-refractivity contribution in [2.24, 2.45) is 0 Å². The van der Waals surface area contributed by atoms with E-state index >= 15 is 0 Å². The second-order valence-electron chi connectivity index (χ2n) is 3.44. The SMILES string of the molecule is CC=C(C=COC)O[Si](C)(C)C. The van der Waals surface area contributed by atoms with Crippen LogP contribution >= 0.6 is 0 Å². The Morgan fingerprint density at radius 3 is 2.17 bits per heavy atom. The van der Waals surface area contributed by atoms with Crippen molar-refractivity contribution < 1.29 is 9.16 Å². The minimum absolute atomic E-state index is 0.885. The smallest absolute Gasteiger partial charge is 0.242 e. The van der Waals surface area contributed by atoms with E-state index in [0.29, 0.717) is 0 Å². The number of allylic oxidation sites excluding steroid dienone is 2. The van der Waals surface area contributed by atoms with Gasteiger partial charge in [-0.15, -0.1) is 0 Å². The van der Waals surface area contributed by atoms with Crippen LogP contribution in [0.5, 0.6) is 0 Å². The Bertz CT molecular complexity index is 177. The molecule has 0 amide bonds. The molecule has 0 heterocycles. The molecular weight excluding hydrogens is 168 g/mol. The summed E-state index contributed by atoms with van der Waals surface area (Å²) in [6.45, 7) is 8.40. The molecule has 0 aromatic carbocycles. The number of methoxy groups -OCH3 is 1. The molecule has 0 aliphatic carbocycles. The van der Waals surface area contributed by atoms with E-state index in [1.807, 2.05) is 19.1 Å². The Morgan fingerprint density at radius 2 is 1.83 bits per heavy atom. The van der Waals surface area contributed by atoms with E-state index in [-0.39, 0.29) is 0 Å². The lowest BCUT2D eigenvalue weighted by Crippen LogP contribution is -2.24. The summed E-state index contributed by atoms with van der Waals surface area (Å²) in [4.78, 5) is 0. The maximum atomic E-state index is 5.72. The Labute approximate surface area is 76.0 Å². The lowest BCUT2D eigenvalue weighted by molar-refractivity contribution is 0.334. The molecule has 12 heavy (non-hydrogen) atoms. The van der Waals surface area contributed by atoms with E-state index in [0.717, 1.165) is 5.76 Å². The molecule has 0 radical (unpaired) electrons. The van der Waals surface area contributed by atoms with E-state index in [1.165, 1.54) is 0 Å². The number of ether oxygens (including phenoxy) is 1. The molecule has 0 fully saturated rings. The molecule has 0 aromatic heterocycles. The Kier molecular flexibility index (Phi) is 4.74. The van der Waals surface area contributed by atoms with Gasteiger partial charge in [0.05, 0.1) is 13.4 Å². The van der Waals surface area contributed by atoms with Gasteiger partial charge in [-0.3, -0.25) is 0 Å². The number of hydrogen-bond donors (Lipinski definition) is 0. The highest BCUT2D eigenvalue weighted by Gasteiger charge is 2.15. The maximum Gasteiger partial charge on any atom is 0.242 e. The van der Waals surface area contributed by atoms with Crippen molar-refractivity contribution in [2.45, 2.75) is 26.6 Å². The van der Waals surface area contributed by atoms with E-state index in [9.17, 15) is 0 Å². The van der Waals surface area contributed by atoms with E-state index in [4.69, 9.17) is 9.16 Å². The first-order valence-electron chi connectivity index (χ1n) is 4.04. The second kappa shape index (κ2) is 5.03. The molecule has 2 nitrogen and oxygen atoms in total. The van der Waals surface area contributed by atoms with Crippen LogP contribution in [0.4, 0.5) is 0 Å². The van der Waals surface area contributed by atoms with Crippen LogP contribution in [0.2, 0.25) is 19.6 Å². The largest absolute Gasteiger partial charge is 0.544 e. The number of rotatable bonds is 4. The molecule has 0 saturated carbocycles. The van der Waals surface area contributed by atoms with Gasteiger partial charge in [-0.1, -0.05) is 0 Å². The minimum atomic E-state index is -1.47. The topological polar surface area (TPSA) is 18.5 Å². The molecule has 0 aliphatic rings. The van der Waals surface area contributed by atoms with Crippen molar-refractivity contribution in [2.75, 3.05) is 7.11 Å². The zero-order chi connectivity index (χ0) is 9.61. The van der Waals surface area contributed by atoms with Crippen LogP contribution in [0.3, 0.4) is 0 Å². The van der Waals surface area contributed by atoms with E-state index in [2.05, 4.69) is 19.6 Å². The molecule has 0 N–H and O–H groups in total. The molecular formula is C9H18O2Si. The molecule has 0 atom stereocenters. The van der Waals surface area contributed by atoms with Crippen LogP contribution in [0, 0.1) is 0 Å². The Morgan fingerprint density at radius 1 is 1.25 bits per heavy atom. The first-order valence-corrected chi connectivity index (χ1v) is 7.45. The predicted octanol–water partition coefficient (Wildman–Crippen LogP) is 2.90. The highest BCUT2D eigenvalue weighted by atomic mass is 28.4. The summed E-state index contributed by atoms with van der Waals surface area (Å²) >= 11 is 0. The lowest BCUT2D eigenvalue weighted by Gasteiger charge is -2.19. The van der Waals surface area contributed by atoms with Gasteiger partial charge in [-0.25, -0.2) is 0 Å². The third kappa shape index (κ3) is 6.04. The van der Waals surface area contributed by atoms with Gasteiger partial charge < -0.3 is 9.16 Å². The first kappa shape index (κ1) is 11.3. The number of hydrogen-bond acceptors (Lipinski definition) is 2. The molecule has 0 aromatic rings. The quantitative estimate of drug-likeness (QED) is 0.382. The monoisotopic (exact) mass is 186 g/mol. The van der Waals surface area contributed by atoms with Gasteiger partial charge in [0.25, 0.3) is 0 Å². The molecule has 0 aliphatic heterocycles. The molecule has 70 valence electrons. The average molecular weight is 186 g/mol. The second-order valence-corrected chi connectivity index (χ2v) is 7.87. The fourth-order valence-corrected chi connectivity index (χ4v) is 1.57. The van der Waals surface area contributed by atoms with Gasteiger partial charge in [0.2, 0.25) is 8.32 Å². The molecule has 3 heteroatoms. The average Bonchev–Trinajstić information content (AvgIpc) is 1.95. The van der Waals surface area contributed by atoms with Crippen molar-refractivity contribution in [1.29, 1.82) is 0 Å². The lowest BCUT2D eigenvalue weighted by atomic mass is 10.4. The van der Waals surface area contributed by atoms with Gasteiger partial charge >= 0.3 is 0 Å². The van der Waals surface area contributed by atoms with Gasteiger partial charge in [-0.2, -0.15) is 0 Å². The van der Waals surface area contributed by atoms with Crippen molar-refractivity contribution in [3.8, 4) is 0 Å².